The van der Waals surface area contributed by atoms with E-state index in [4.69, 9.17) is 22.1 Å². The predicted octanol–water partition coefficient (Wildman–Crippen LogP) is 2.37. The standard InChI is InChI=1S/C14H13NO4S2/c1-2-15-13(18)11(21-14(15)20)7-9-4-3-5-10(6-9)19-8-12(16)17/h3-7H,2,8H2,1H3,(H,16,17). The minimum atomic E-state index is -1.04. The molecule has 0 atom stereocenters. The normalized spacial score (nSPS) is 16.6. The number of hydrogen-bond acceptors (Lipinski definition) is 5. The minimum absolute atomic E-state index is 0.107. The maximum atomic E-state index is 12.1. The van der Waals surface area contributed by atoms with Crippen molar-refractivity contribution in [2.75, 3.05) is 13.2 Å². The second-order valence-electron chi connectivity index (χ2n) is 4.18. The van der Waals surface area contributed by atoms with E-state index in [-0.39, 0.29) is 5.91 Å². The van der Waals surface area contributed by atoms with E-state index < -0.39 is 12.6 Å². The molecule has 1 amide bonds. The summed E-state index contributed by atoms with van der Waals surface area (Å²) in [5.41, 5.74) is 0.759. The van der Waals surface area contributed by atoms with E-state index in [0.29, 0.717) is 21.5 Å². The largest absolute Gasteiger partial charge is 0.482 e. The van der Waals surface area contributed by atoms with Gasteiger partial charge in [0, 0.05) is 6.54 Å². The summed E-state index contributed by atoms with van der Waals surface area (Å²) in [5, 5.41) is 8.59. The number of rotatable bonds is 5. The summed E-state index contributed by atoms with van der Waals surface area (Å²) in [5.74, 6) is -0.703. The molecule has 1 N–H and O–H groups in total. The molecule has 7 heteroatoms. The Hall–Kier alpha value is -1.86. The summed E-state index contributed by atoms with van der Waals surface area (Å²) in [4.78, 5) is 24.7. The first kappa shape index (κ1) is 15.5. The van der Waals surface area contributed by atoms with Crippen LogP contribution in [0.15, 0.2) is 29.2 Å². The molecule has 2 rings (SSSR count). The topological polar surface area (TPSA) is 66.8 Å². The van der Waals surface area contributed by atoms with Gasteiger partial charge in [-0.15, -0.1) is 0 Å². The van der Waals surface area contributed by atoms with E-state index in [0.717, 1.165) is 5.56 Å². The van der Waals surface area contributed by atoms with Crippen LogP contribution in [0.1, 0.15) is 12.5 Å². The van der Waals surface area contributed by atoms with Crippen molar-refractivity contribution in [3.8, 4) is 5.75 Å². The van der Waals surface area contributed by atoms with E-state index in [1.54, 1.807) is 24.3 Å². The van der Waals surface area contributed by atoms with Gasteiger partial charge in [-0.25, -0.2) is 4.79 Å². The number of benzene rings is 1. The van der Waals surface area contributed by atoms with Gasteiger partial charge in [0.25, 0.3) is 5.91 Å². The highest BCUT2D eigenvalue weighted by atomic mass is 32.2. The first-order valence-corrected chi connectivity index (χ1v) is 7.43. The fourth-order valence-corrected chi connectivity index (χ4v) is 3.15. The number of carbonyl (C=O) groups excluding carboxylic acids is 1. The summed E-state index contributed by atoms with van der Waals surface area (Å²) in [6, 6.07) is 6.90. The van der Waals surface area contributed by atoms with Crippen LogP contribution in [-0.4, -0.2) is 39.4 Å². The van der Waals surface area contributed by atoms with Crippen molar-refractivity contribution in [1.82, 2.24) is 4.90 Å². The summed E-state index contributed by atoms with van der Waals surface area (Å²) < 4.78 is 5.65. The molecule has 1 aliphatic rings. The average Bonchev–Trinajstić information content (AvgIpc) is 2.71. The number of thioether (sulfide) groups is 1. The number of ether oxygens (including phenoxy) is 1. The smallest absolute Gasteiger partial charge is 0.341 e. The third-order valence-corrected chi connectivity index (χ3v) is 4.09. The molecule has 0 unspecified atom stereocenters. The first-order valence-electron chi connectivity index (χ1n) is 6.21. The average molecular weight is 323 g/mol. The van der Waals surface area contributed by atoms with Crippen LogP contribution in [0, 0.1) is 0 Å². The lowest BCUT2D eigenvalue weighted by atomic mass is 10.2. The molecule has 0 bridgehead atoms. The lowest BCUT2D eigenvalue weighted by Crippen LogP contribution is -2.27. The second-order valence-corrected chi connectivity index (χ2v) is 5.86. The maximum absolute atomic E-state index is 12.1. The highest BCUT2D eigenvalue weighted by Crippen LogP contribution is 2.32. The Morgan fingerprint density at radius 3 is 2.90 bits per heavy atom. The second kappa shape index (κ2) is 6.73. The molecule has 1 aromatic rings. The van der Waals surface area contributed by atoms with E-state index in [2.05, 4.69) is 0 Å². The molecule has 0 aliphatic carbocycles. The molecule has 1 saturated heterocycles. The van der Waals surface area contributed by atoms with Crippen LogP contribution >= 0.6 is 24.0 Å². The van der Waals surface area contributed by atoms with Gasteiger partial charge in [-0.05, 0) is 30.7 Å². The number of likely N-dealkylation sites (N-methyl/N-ethyl adjacent to an activating group) is 1. The van der Waals surface area contributed by atoms with Crippen molar-refractivity contribution in [2.24, 2.45) is 0 Å². The summed E-state index contributed by atoms with van der Waals surface area (Å²) in [6.07, 6.45) is 1.72. The molecule has 0 spiro atoms. The van der Waals surface area contributed by atoms with Crippen molar-refractivity contribution >= 4 is 46.3 Å². The Labute approximate surface area is 131 Å². The molecule has 0 aromatic heterocycles. The molecule has 110 valence electrons. The van der Waals surface area contributed by atoms with Crippen molar-refractivity contribution in [2.45, 2.75) is 6.92 Å². The summed E-state index contributed by atoms with van der Waals surface area (Å²) in [7, 11) is 0. The van der Waals surface area contributed by atoms with Gasteiger partial charge in [0.1, 0.15) is 10.1 Å². The molecular weight excluding hydrogens is 310 g/mol. The third-order valence-electron chi connectivity index (χ3n) is 2.71. The fraction of sp³-hybridized carbons (Fsp3) is 0.214. The monoisotopic (exact) mass is 323 g/mol. The number of hydrogen-bond donors (Lipinski definition) is 1. The van der Waals surface area contributed by atoms with E-state index in [1.165, 1.54) is 16.7 Å². The number of amides is 1. The Kier molecular flexibility index (Phi) is 4.98. The van der Waals surface area contributed by atoms with Crippen LogP contribution in [0.2, 0.25) is 0 Å². The predicted molar refractivity (Wildman–Crippen MR) is 85.1 cm³/mol. The van der Waals surface area contributed by atoms with E-state index in [1.807, 2.05) is 13.0 Å². The van der Waals surface area contributed by atoms with Crippen LogP contribution in [0.25, 0.3) is 6.08 Å². The number of aliphatic carboxylic acids is 1. The molecule has 0 radical (unpaired) electrons. The van der Waals surface area contributed by atoms with Crippen LogP contribution < -0.4 is 4.74 Å². The van der Waals surface area contributed by atoms with Gasteiger partial charge in [0.05, 0.1) is 4.91 Å². The van der Waals surface area contributed by atoms with Gasteiger partial charge in [0.15, 0.2) is 6.61 Å². The van der Waals surface area contributed by atoms with Gasteiger partial charge < -0.3 is 9.84 Å². The van der Waals surface area contributed by atoms with Gasteiger partial charge in [-0.3, -0.25) is 9.69 Å². The Morgan fingerprint density at radius 1 is 1.52 bits per heavy atom. The number of nitrogens with zero attached hydrogens (tertiary/aromatic N) is 1. The molecule has 1 fully saturated rings. The summed E-state index contributed by atoms with van der Waals surface area (Å²) in [6.45, 7) is 2.01. The number of carboxylic acid groups (broad SMARTS) is 1. The highest BCUT2D eigenvalue weighted by Gasteiger charge is 2.30. The minimum Gasteiger partial charge on any atom is -0.482 e. The van der Waals surface area contributed by atoms with Crippen LogP contribution in [-0.2, 0) is 9.59 Å². The van der Waals surface area contributed by atoms with Crippen molar-refractivity contribution < 1.29 is 19.4 Å². The zero-order valence-electron chi connectivity index (χ0n) is 11.2. The van der Waals surface area contributed by atoms with Gasteiger partial charge in [0.2, 0.25) is 0 Å². The van der Waals surface area contributed by atoms with Crippen molar-refractivity contribution in [3.05, 3.63) is 34.7 Å². The first-order chi connectivity index (χ1) is 10.0. The molecular formula is C14H13NO4S2. The number of carbonyl (C=O) groups is 2. The van der Waals surface area contributed by atoms with Gasteiger partial charge in [-0.2, -0.15) is 0 Å². The maximum Gasteiger partial charge on any atom is 0.341 e. The molecule has 1 aromatic carbocycles. The zero-order valence-corrected chi connectivity index (χ0v) is 12.9. The Balaban J connectivity index is 2.18. The van der Waals surface area contributed by atoms with Crippen molar-refractivity contribution in [3.63, 3.8) is 0 Å². The Morgan fingerprint density at radius 2 is 2.29 bits per heavy atom. The summed E-state index contributed by atoms with van der Waals surface area (Å²) >= 11 is 6.40. The van der Waals surface area contributed by atoms with Crippen molar-refractivity contribution in [1.29, 1.82) is 0 Å². The van der Waals surface area contributed by atoms with Crippen LogP contribution in [0.3, 0.4) is 0 Å². The molecule has 0 saturated carbocycles. The van der Waals surface area contributed by atoms with Crippen LogP contribution in [0.4, 0.5) is 0 Å². The molecule has 1 heterocycles. The highest BCUT2D eigenvalue weighted by molar-refractivity contribution is 8.26. The third kappa shape index (κ3) is 3.83. The molecule has 21 heavy (non-hydrogen) atoms. The van der Waals surface area contributed by atoms with Gasteiger partial charge in [-0.1, -0.05) is 36.1 Å². The quantitative estimate of drug-likeness (QED) is 0.663. The van der Waals surface area contributed by atoms with E-state index >= 15 is 0 Å². The molecule has 1 aliphatic heterocycles. The lowest BCUT2D eigenvalue weighted by molar-refractivity contribution is -0.139. The van der Waals surface area contributed by atoms with E-state index in [9.17, 15) is 9.59 Å². The fourth-order valence-electron chi connectivity index (χ4n) is 1.76. The number of thiocarbonyl (C=S) groups is 1. The number of carboxylic acids is 1. The SMILES string of the molecule is CCN1C(=O)C(=Cc2cccc(OCC(=O)O)c2)SC1=S. The lowest BCUT2D eigenvalue weighted by Gasteiger charge is -2.09. The molecule has 5 nitrogen and oxygen atoms in total. The van der Waals surface area contributed by atoms with Crippen LogP contribution in [0.5, 0.6) is 5.75 Å². The zero-order chi connectivity index (χ0) is 15.4. The Bertz CT molecular complexity index is 627. The van der Waals surface area contributed by atoms with Gasteiger partial charge >= 0.3 is 5.97 Å².